The van der Waals surface area contributed by atoms with E-state index in [1.807, 2.05) is 24.1 Å². The van der Waals surface area contributed by atoms with Crippen LogP contribution >= 0.6 is 0 Å². The van der Waals surface area contributed by atoms with Gasteiger partial charge in [0.05, 0.1) is 0 Å². The lowest BCUT2D eigenvalue weighted by molar-refractivity contribution is -0.130. The van der Waals surface area contributed by atoms with Crippen LogP contribution in [0.5, 0.6) is 0 Å². The van der Waals surface area contributed by atoms with Gasteiger partial charge in [0.1, 0.15) is 0 Å². The number of amides is 1. The Bertz CT molecular complexity index is 677. The van der Waals surface area contributed by atoms with Crippen LogP contribution in [0.25, 0.3) is 0 Å². The SMILES string of the molecule is Cc1ccccc1CN(C)C(=O)CC1CCc2ccccc21. The number of aryl methyl sites for hydroxylation is 2. The summed E-state index contributed by atoms with van der Waals surface area (Å²) < 4.78 is 0. The fourth-order valence-corrected chi connectivity index (χ4v) is 3.36. The summed E-state index contributed by atoms with van der Waals surface area (Å²) in [6, 6.07) is 16.8. The highest BCUT2D eigenvalue weighted by Gasteiger charge is 2.25. The minimum absolute atomic E-state index is 0.241. The molecule has 2 heteroatoms. The number of carbonyl (C=O) groups is 1. The first-order chi connectivity index (χ1) is 10.6. The van der Waals surface area contributed by atoms with Crippen molar-refractivity contribution in [3.05, 3.63) is 70.8 Å². The zero-order chi connectivity index (χ0) is 15.5. The molecule has 22 heavy (non-hydrogen) atoms. The molecule has 0 radical (unpaired) electrons. The zero-order valence-corrected chi connectivity index (χ0v) is 13.4. The van der Waals surface area contributed by atoms with Crippen LogP contribution in [-0.2, 0) is 17.8 Å². The molecule has 0 fully saturated rings. The van der Waals surface area contributed by atoms with Crippen LogP contribution in [-0.4, -0.2) is 17.9 Å². The number of benzene rings is 2. The summed E-state index contributed by atoms with van der Waals surface area (Å²) in [6.07, 6.45) is 2.83. The Balaban J connectivity index is 1.64. The zero-order valence-electron chi connectivity index (χ0n) is 13.4. The Morgan fingerprint density at radius 2 is 1.86 bits per heavy atom. The second-order valence-electron chi connectivity index (χ2n) is 6.31. The van der Waals surface area contributed by atoms with E-state index in [4.69, 9.17) is 0 Å². The van der Waals surface area contributed by atoms with Gasteiger partial charge in [-0.25, -0.2) is 0 Å². The van der Waals surface area contributed by atoms with Crippen LogP contribution in [0.15, 0.2) is 48.5 Å². The van der Waals surface area contributed by atoms with Crippen molar-refractivity contribution in [2.75, 3.05) is 7.05 Å². The second-order valence-corrected chi connectivity index (χ2v) is 6.31. The first kappa shape index (κ1) is 14.8. The molecule has 3 rings (SSSR count). The van der Waals surface area contributed by atoms with Crippen LogP contribution in [0.2, 0.25) is 0 Å². The van der Waals surface area contributed by atoms with E-state index in [0.29, 0.717) is 18.9 Å². The topological polar surface area (TPSA) is 20.3 Å². The summed E-state index contributed by atoms with van der Waals surface area (Å²) in [4.78, 5) is 14.4. The maximum atomic E-state index is 12.6. The van der Waals surface area contributed by atoms with E-state index < -0.39 is 0 Å². The van der Waals surface area contributed by atoms with Crippen molar-refractivity contribution < 1.29 is 4.79 Å². The van der Waals surface area contributed by atoms with Crippen molar-refractivity contribution in [2.24, 2.45) is 0 Å². The molecular weight excluding hydrogens is 270 g/mol. The van der Waals surface area contributed by atoms with Gasteiger partial charge in [0, 0.05) is 20.0 Å². The average Bonchev–Trinajstić information content (AvgIpc) is 2.93. The summed E-state index contributed by atoms with van der Waals surface area (Å²) in [5, 5.41) is 0. The van der Waals surface area contributed by atoms with Crippen LogP contribution in [0, 0.1) is 6.92 Å². The standard InChI is InChI=1S/C20H23NO/c1-15-7-3-4-9-18(15)14-21(2)20(22)13-17-12-11-16-8-5-6-10-19(16)17/h3-10,17H,11-14H2,1-2H3. The van der Waals surface area contributed by atoms with E-state index in [-0.39, 0.29) is 5.91 Å². The summed E-state index contributed by atoms with van der Waals surface area (Å²) in [5.41, 5.74) is 5.26. The first-order valence-electron chi connectivity index (χ1n) is 8.01. The summed E-state index contributed by atoms with van der Waals surface area (Å²) in [7, 11) is 1.91. The van der Waals surface area contributed by atoms with E-state index in [1.165, 1.54) is 22.3 Å². The van der Waals surface area contributed by atoms with Crippen molar-refractivity contribution in [1.29, 1.82) is 0 Å². The predicted octanol–water partition coefficient (Wildman–Crippen LogP) is 4.07. The van der Waals surface area contributed by atoms with Gasteiger partial charge in [0.15, 0.2) is 0 Å². The molecular formula is C20H23NO. The van der Waals surface area contributed by atoms with Gasteiger partial charge in [-0.2, -0.15) is 0 Å². The third kappa shape index (κ3) is 3.06. The quantitative estimate of drug-likeness (QED) is 0.832. The minimum Gasteiger partial charge on any atom is -0.341 e. The van der Waals surface area contributed by atoms with Crippen molar-refractivity contribution >= 4 is 5.91 Å². The summed E-state index contributed by atoms with van der Waals surface area (Å²) in [6.45, 7) is 2.79. The molecule has 0 aliphatic heterocycles. The molecule has 0 saturated heterocycles. The smallest absolute Gasteiger partial charge is 0.223 e. The Labute approximate surface area is 132 Å². The van der Waals surface area contributed by atoms with Crippen LogP contribution in [0.4, 0.5) is 0 Å². The van der Waals surface area contributed by atoms with Crippen molar-refractivity contribution in [1.82, 2.24) is 4.90 Å². The molecule has 0 bridgehead atoms. The number of rotatable bonds is 4. The highest BCUT2D eigenvalue weighted by atomic mass is 16.2. The molecule has 0 aromatic heterocycles. The Morgan fingerprint density at radius 1 is 1.14 bits per heavy atom. The number of carbonyl (C=O) groups excluding carboxylic acids is 1. The molecule has 114 valence electrons. The molecule has 1 unspecified atom stereocenters. The fourth-order valence-electron chi connectivity index (χ4n) is 3.36. The van der Waals surface area contributed by atoms with Gasteiger partial charge in [-0.1, -0.05) is 48.5 Å². The Kier molecular flexibility index (Phi) is 4.28. The summed E-state index contributed by atoms with van der Waals surface area (Å²) >= 11 is 0. The number of nitrogens with zero attached hydrogens (tertiary/aromatic N) is 1. The maximum Gasteiger partial charge on any atom is 0.223 e. The molecule has 0 N–H and O–H groups in total. The first-order valence-corrected chi connectivity index (χ1v) is 8.01. The molecule has 0 spiro atoms. The molecule has 0 heterocycles. The lowest BCUT2D eigenvalue weighted by Gasteiger charge is -2.21. The normalized spacial score (nSPS) is 16.4. The van der Waals surface area contributed by atoms with Crippen molar-refractivity contribution in [3.63, 3.8) is 0 Å². The monoisotopic (exact) mass is 293 g/mol. The molecule has 1 aliphatic carbocycles. The van der Waals surface area contributed by atoms with Gasteiger partial charge in [0.2, 0.25) is 5.91 Å². The third-order valence-electron chi connectivity index (χ3n) is 4.77. The highest BCUT2D eigenvalue weighted by molar-refractivity contribution is 5.77. The molecule has 1 aliphatic rings. The Morgan fingerprint density at radius 3 is 2.68 bits per heavy atom. The molecule has 1 amide bonds. The van der Waals surface area contributed by atoms with Gasteiger partial charge >= 0.3 is 0 Å². The molecule has 0 saturated carbocycles. The second kappa shape index (κ2) is 6.35. The van der Waals surface area contributed by atoms with E-state index in [0.717, 1.165) is 12.8 Å². The summed E-state index contributed by atoms with van der Waals surface area (Å²) in [5.74, 6) is 0.632. The third-order valence-corrected chi connectivity index (χ3v) is 4.77. The van der Waals surface area contributed by atoms with Crippen LogP contribution in [0.3, 0.4) is 0 Å². The number of hydrogen-bond donors (Lipinski definition) is 0. The minimum atomic E-state index is 0.241. The van der Waals surface area contributed by atoms with Crippen molar-refractivity contribution in [3.8, 4) is 0 Å². The van der Waals surface area contributed by atoms with Crippen LogP contribution in [0.1, 0.15) is 41.0 Å². The van der Waals surface area contributed by atoms with Gasteiger partial charge in [-0.05, 0) is 47.9 Å². The van der Waals surface area contributed by atoms with E-state index in [2.05, 4.69) is 43.3 Å². The molecule has 2 aromatic carbocycles. The lowest BCUT2D eigenvalue weighted by Crippen LogP contribution is -2.27. The fraction of sp³-hybridized carbons (Fsp3) is 0.350. The molecule has 2 aromatic rings. The average molecular weight is 293 g/mol. The highest BCUT2D eigenvalue weighted by Crippen LogP contribution is 2.35. The maximum absolute atomic E-state index is 12.6. The predicted molar refractivity (Wildman–Crippen MR) is 89.8 cm³/mol. The largest absolute Gasteiger partial charge is 0.341 e. The van der Waals surface area contributed by atoms with E-state index >= 15 is 0 Å². The Hall–Kier alpha value is -2.09. The van der Waals surface area contributed by atoms with Gasteiger partial charge in [-0.3, -0.25) is 4.79 Å². The lowest BCUT2D eigenvalue weighted by atomic mass is 9.97. The van der Waals surface area contributed by atoms with Crippen LogP contribution < -0.4 is 0 Å². The van der Waals surface area contributed by atoms with E-state index in [9.17, 15) is 4.79 Å². The number of fused-ring (bicyclic) bond motifs is 1. The molecule has 2 nitrogen and oxygen atoms in total. The molecule has 1 atom stereocenters. The van der Waals surface area contributed by atoms with Gasteiger partial charge in [-0.15, -0.1) is 0 Å². The van der Waals surface area contributed by atoms with Crippen molar-refractivity contribution in [2.45, 2.75) is 38.6 Å². The number of hydrogen-bond acceptors (Lipinski definition) is 1. The van der Waals surface area contributed by atoms with E-state index in [1.54, 1.807) is 0 Å². The van der Waals surface area contributed by atoms with Gasteiger partial charge in [0.25, 0.3) is 0 Å². The van der Waals surface area contributed by atoms with Gasteiger partial charge < -0.3 is 4.90 Å².